The second-order valence-electron chi connectivity index (χ2n) is 10.4. The number of nitrogens with one attached hydrogen (secondary N) is 2. The van der Waals surface area contributed by atoms with E-state index in [-0.39, 0.29) is 23.8 Å². The first kappa shape index (κ1) is 20.0. The van der Waals surface area contributed by atoms with Crippen molar-refractivity contribution in [3.05, 3.63) is 35.4 Å². The second kappa shape index (κ2) is 8.33. The molecule has 162 valence electrons. The van der Waals surface area contributed by atoms with Crippen LogP contribution in [-0.4, -0.2) is 36.3 Å². The Labute approximate surface area is 180 Å². The molecule has 0 spiro atoms. The summed E-state index contributed by atoms with van der Waals surface area (Å²) in [5, 5.41) is 6.01. The van der Waals surface area contributed by atoms with Gasteiger partial charge in [0, 0.05) is 18.5 Å². The van der Waals surface area contributed by atoms with Gasteiger partial charge < -0.3 is 10.6 Å². The Morgan fingerprint density at radius 2 is 1.50 bits per heavy atom. The van der Waals surface area contributed by atoms with Crippen molar-refractivity contribution in [2.24, 2.45) is 23.2 Å². The molecule has 1 aromatic rings. The lowest BCUT2D eigenvalue weighted by molar-refractivity contribution is -0.147. The van der Waals surface area contributed by atoms with E-state index in [1.165, 1.54) is 43.2 Å². The van der Waals surface area contributed by atoms with Gasteiger partial charge in [0.05, 0.1) is 6.54 Å². The molecule has 0 radical (unpaired) electrons. The first-order valence-electron chi connectivity index (χ1n) is 11.9. The van der Waals surface area contributed by atoms with Gasteiger partial charge in [0.15, 0.2) is 0 Å². The minimum atomic E-state index is -0.183. The Morgan fingerprint density at radius 1 is 0.900 bits per heavy atom. The lowest BCUT2D eigenvalue weighted by Gasteiger charge is -2.55. The van der Waals surface area contributed by atoms with Crippen molar-refractivity contribution in [1.82, 2.24) is 15.5 Å². The van der Waals surface area contributed by atoms with E-state index in [9.17, 15) is 9.59 Å². The van der Waals surface area contributed by atoms with Gasteiger partial charge in [-0.05, 0) is 93.3 Å². The van der Waals surface area contributed by atoms with Crippen LogP contribution in [0.3, 0.4) is 0 Å². The van der Waals surface area contributed by atoms with Crippen LogP contribution in [0.4, 0.5) is 0 Å². The molecule has 1 heterocycles. The van der Waals surface area contributed by atoms with Gasteiger partial charge in [0.2, 0.25) is 11.8 Å². The molecule has 1 aliphatic heterocycles. The molecule has 0 atom stereocenters. The minimum Gasteiger partial charge on any atom is -0.350 e. The summed E-state index contributed by atoms with van der Waals surface area (Å²) in [6.45, 7) is 3.90. The average Bonchev–Trinajstić information content (AvgIpc) is 3.23. The number of benzene rings is 1. The summed E-state index contributed by atoms with van der Waals surface area (Å²) in [6.07, 6.45) is 9.64. The number of rotatable bonds is 7. The highest BCUT2D eigenvalue weighted by Gasteiger charge is 2.54. The Kier molecular flexibility index (Phi) is 5.57. The number of carbonyl (C=O) groups excluding carboxylic acids is 2. The van der Waals surface area contributed by atoms with E-state index in [0.29, 0.717) is 6.54 Å². The van der Waals surface area contributed by atoms with Crippen molar-refractivity contribution < 1.29 is 9.59 Å². The largest absolute Gasteiger partial charge is 0.350 e. The summed E-state index contributed by atoms with van der Waals surface area (Å²) in [4.78, 5) is 28.0. The summed E-state index contributed by atoms with van der Waals surface area (Å²) in [5.41, 5.74) is 2.28. The molecule has 4 saturated carbocycles. The van der Waals surface area contributed by atoms with E-state index in [4.69, 9.17) is 0 Å². The molecule has 4 aliphatic carbocycles. The van der Waals surface area contributed by atoms with Crippen LogP contribution in [0.5, 0.6) is 0 Å². The van der Waals surface area contributed by atoms with Gasteiger partial charge in [0.1, 0.15) is 0 Å². The molecule has 5 nitrogen and oxygen atoms in total. The normalized spacial score (nSPS) is 32.3. The Bertz CT molecular complexity index is 764. The van der Waals surface area contributed by atoms with E-state index < -0.39 is 0 Å². The second-order valence-corrected chi connectivity index (χ2v) is 10.4. The molecule has 4 bridgehead atoms. The number of carbonyl (C=O) groups is 2. The van der Waals surface area contributed by atoms with Crippen molar-refractivity contribution in [2.45, 2.75) is 64.5 Å². The molecule has 1 aromatic carbocycles. The van der Waals surface area contributed by atoms with Gasteiger partial charge in [-0.15, -0.1) is 0 Å². The quantitative estimate of drug-likeness (QED) is 0.727. The van der Waals surface area contributed by atoms with Crippen molar-refractivity contribution >= 4 is 11.8 Å². The molecule has 2 N–H and O–H groups in total. The lowest BCUT2D eigenvalue weighted by atomic mass is 9.49. The van der Waals surface area contributed by atoms with E-state index in [1.54, 1.807) is 0 Å². The number of hydrogen-bond donors (Lipinski definition) is 2. The van der Waals surface area contributed by atoms with Crippen LogP contribution in [0.1, 0.15) is 62.5 Å². The standard InChI is InChI=1S/C25H35N3O2/c29-23(26-15-21-5-1-2-6-22(21)17-28-7-3-4-8-28)16-27-24(30)25-12-18-9-19(13-25)11-20(10-18)14-25/h1-2,5-6,18-20H,3-4,7-17H2,(H,26,29)(H,27,30). The molecular formula is C25H35N3O2. The lowest BCUT2D eigenvalue weighted by Crippen LogP contribution is -2.54. The third-order valence-corrected chi connectivity index (χ3v) is 8.12. The maximum absolute atomic E-state index is 13.0. The summed E-state index contributed by atoms with van der Waals surface area (Å²) >= 11 is 0. The van der Waals surface area contributed by atoms with Crippen LogP contribution in [0.2, 0.25) is 0 Å². The molecule has 30 heavy (non-hydrogen) atoms. The molecule has 0 aromatic heterocycles. The van der Waals surface area contributed by atoms with Crippen LogP contribution in [-0.2, 0) is 22.7 Å². The number of nitrogens with zero attached hydrogens (tertiary/aromatic N) is 1. The highest BCUT2D eigenvalue weighted by atomic mass is 16.2. The molecule has 0 unspecified atom stereocenters. The van der Waals surface area contributed by atoms with E-state index in [2.05, 4.69) is 33.7 Å². The SMILES string of the molecule is O=C(CNC(=O)C12CC3CC(CC(C3)C1)C2)NCc1ccccc1CN1CCCC1. The van der Waals surface area contributed by atoms with Crippen molar-refractivity contribution in [1.29, 1.82) is 0 Å². The van der Waals surface area contributed by atoms with Gasteiger partial charge in [-0.1, -0.05) is 24.3 Å². The first-order valence-corrected chi connectivity index (χ1v) is 11.9. The van der Waals surface area contributed by atoms with Crippen LogP contribution < -0.4 is 10.6 Å². The number of amides is 2. The van der Waals surface area contributed by atoms with Crippen molar-refractivity contribution in [3.8, 4) is 0 Å². The molecule has 6 rings (SSSR count). The topological polar surface area (TPSA) is 61.4 Å². The molecule has 5 aliphatic rings. The molecule has 5 fully saturated rings. The zero-order valence-corrected chi connectivity index (χ0v) is 18.0. The fourth-order valence-electron chi connectivity index (χ4n) is 7.06. The van der Waals surface area contributed by atoms with Gasteiger partial charge in [-0.3, -0.25) is 14.5 Å². The van der Waals surface area contributed by atoms with Crippen LogP contribution in [0.25, 0.3) is 0 Å². The van der Waals surface area contributed by atoms with E-state index in [0.717, 1.165) is 56.7 Å². The third-order valence-electron chi connectivity index (χ3n) is 8.12. The van der Waals surface area contributed by atoms with Crippen LogP contribution in [0.15, 0.2) is 24.3 Å². The predicted molar refractivity (Wildman–Crippen MR) is 116 cm³/mol. The van der Waals surface area contributed by atoms with Crippen LogP contribution in [0, 0.1) is 23.2 Å². The predicted octanol–water partition coefficient (Wildman–Crippen LogP) is 3.23. The van der Waals surface area contributed by atoms with Crippen molar-refractivity contribution in [2.75, 3.05) is 19.6 Å². The molecule has 5 heteroatoms. The Hall–Kier alpha value is -1.88. The zero-order chi connectivity index (χ0) is 20.6. The van der Waals surface area contributed by atoms with Gasteiger partial charge in [0.25, 0.3) is 0 Å². The fraction of sp³-hybridized carbons (Fsp3) is 0.680. The number of hydrogen-bond acceptors (Lipinski definition) is 3. The number of likely N-dealkylation sites (tertiary alicyclic amines) is 1. The maximum Gasteiger partial charge on any atom is 0.239 e. The maximum atomic E-state index is 13.0. The highest BCUT2D eigenvalue weighted by molar-refractivity contribution is 5.88. The average molecular weight is 410 g/mol. The van der Waals surface area contributed by atoms with Gasteiger partial charge >= 0.3 is 0 Å². The molecular weight excluding hydrogens is 374 g/mol. The summed E-state index contributed by atoms with van der Waals surface area (Å²) in [6, 6.07) is 8.36. The summed E-state index contributed by atoms with van der Waals surface area (Å²) in [5.74, 6) is 2.25. The third kappa shape index (κ3) is 4.14. The van der Waals surface area contributed by atoms with Crippen molar-refractivity contribution in [3.63, 3.8) is 0 Å². The van der Waals surface area contributed by atoms with Gasteiger partial charge in [-0.2, -0.15) is 0 Å². The smallest absolute Gasteiger partial charge is 0.239 e. The van der Waals surface area contributed by atoms with E-state index in [1.807, 2.05) is 6.07 Å². The monoisotopic (exact) mass is 409 g/mol. The van der Waals surface area contributed by atoms with E-state index >= 15 is 0 Å². The Balaban J connectivity index is 1.12. The van der Waals surface area contributed by atoms with Gasteiger partial charge in [-0.25, -0.2) is 0 Å². The summed E-state index contributed by atoms with van der Waals surface area (Å²) < 4.78 is 0. The fourth-order valence-corrected chi connectivity index (χ4v) is 7.06. The zero-order valence-electron chi connectivity index (χ0n) is 18.0. The first-order chi connectivity index (χ1) is 14.6. The summed E-state index contributed by atoms with van der Waals surface area (Å²) in [7, 11) is 0. The minimum absolute atomic E-state index is 0.0921. The molecule has 1 saturated heterocycles. The molecule has 2 amide bonds. The highest BCUT2D eigenvalue weighted by Crippen LogP contribution is 2.60. The van der Waals surface area contributed by atoms with Crippen LogP contribution >= 0.6 is 0 Å². The Morgan fingerprint density at radius 3 is 2.13 bits per heavy atom.